The molecule has 0 spiro atoms. The van der Waals surface area contributed by atoms with Crippen LogP contribution in [0.4, 0.5) is 0 Å². The van der Waals surface area contributed by atoms with Crippen molar-refractivity contribution in [2.75, 3.05) is 19.8 Å². The lowest BCUT2D eigenvalue weighted by Crippen LogP contribution is -2.15. The first-order chi connectivity index (χ1) is 10.8. The fraction of sp³-hybridized carbons (Fsp3) is 0.235. The lowest BCUT2D eigenvalue weighted by atomic mass is 10.0. The lowest BCUT2D eigenvalue weighted by Gasteiger charge is -2.18. The monoisotopic (exact) mass is 367 g/mol. The van der Waals surface area contributed by atoms with Crippen molar-refractivity contribution in [1.29, 1.82) is 0 Å². The van der Waals surface area contributed by atoms with Crippen molar-refractivity contribution in [2.45, 2.75) is 6.42 Å². The van der Waals surface area contributed by atoms with E-state index in [2.05, 4.69) is 28.2 Å². The van der Waals surface area contributed by atoms with Gasteiger partial charge in [-0.3, -0.25) is 0 Å². The Morgan fingerprint density at radius 3 is 2.46 bits per heavy atom. The van der Waals surface area contributed by atoms with Gasteiger partial charge in [-0.1, -0.05) is 12.1 Å². The molecule has 0 bridgehead atoms. The molecule has 3 aromatic rings. The van der Waals surface area contributed by atoms with E-state index in [0.717, 1.165) is 45.9 Å². The highest BCUT2D eigenvalue weighted by Gasteiger charge is 2.13. The van der Waals surface area contributed by atoms with Gasteiger partial charge in [0.1, 0.15) is 19.0 Å². The van der Waals surface area contributed by atoms with E-state index in [0.29, 0.717) is 19.8 Å². The SMILES string of the molecule is Cl.Cl.NCCc1nc2cc(-c3ccc4c(c3)OCCO4)ccc2[nH]1. The molecule has 1 aliphatic heterocycles. The lowest BCUT2D eigenvalue weighted by molar-refractivity contribution is 0.171. The molecule has 2 aromatic carbocycles. The summed E-state index contributed by atoms with van der Waals surface area (Å²) < 4.78 is 11.2. The van der Waals surface area contributed by atoms with Crippen molar-refractivity contribution in [1.82, 2.24) is 9.97 Å². The number of nitrogens with one attached hydrogen (secondary N) is 1. The Kier molecular flexibility index (Phi) is 5.94. The number of H-pyrrole nitrogens is 1. The molecule has 5 nitrogen and oxygen atoms in total. The number of nitrogens with two attached hydrogens (primary N) is 1. The van der Waals surface area contributed by atoms with Crippen molar-refractivity contribution < 1.29 is 9.47 Å². The van der Waals surface area contributed by atoms with Gasteiger partial charge < -0.3 is 20.2 Å². The number of aromatic nitrogens is 2. The molecule has 0 amide bonds. The van der Waals surface area contributed by atoms with Gasteiger partial charge in [0.25, 0.3) is 0 Å². The van der Waals surface area contributed by atoms with Crippen LogP contribution in [0.15, 0.2) is 36.4 Å². The summed E-state index contributed by atoms with van der Waals surface area (Å²) in [4.78, 5) is 7.87. The molecule has 128 valence electrons. The molecule has 7 heteroatoms. The minimum atomic E-state index is 0. The number of hydrogen-bond acceptors (Lipinski definition) is 4. The number of benzene rings is 2. The van der Waals surface area contributed by atoms with Crippen molar-refractivity contribution >= 4 is 35.8 Å². The van der Waals surface area contributed by atoms with Gasteiger partial charge in [0.05, 0.1) is 11.0 Å². The van der Waals surface area contributed by atoms with Gasteiger partial charge in [-0.15, -0.1) is 24.8 Å². The van der Waals surface area contributed by atoms with E-state index in [9.17, 15) is 0 Å². The van der Waals surface area contributed by atoms with Crippen molar-refractivity contribution in [3.63, 3.8) is 0 Å². The second-order valence-electron chi connectivity index (χ2n) is 5.31. The summed E-state index contributed by atoms with van der Waals surface area (Å²) in [6, 6.07) is 12.2. The molecule has 0 saturated heterocycles. The molecule has 1 aromatic heterocycles. The van der Waals surface area contributed by atoms with Crippen LogP contribution >= 0.6 is 24.8 Å². The largest absolute Gasteiger partial charge is 0.486 e. The van der Waals surface area contributed by atoms with Gasteiger partial charge in [0.15, 0.2) is 11.5 Å². The van der Waals surface area contributed by atoms with Crippen LogP contribution in [-0.4, -0.2) is 29.7 Å². The maximum absolute atomic E-state index is 5.65. The van der Waals surface area contributed by atoms with Gasteiger partial charge in [-0.2, -0.15) is 0 Å². The van der Waals surface area contributed by atoms with E-state index in [4.69, 9.17) is 15.2 Å². The third kappa shape index (κ3) is 3.43. The summed E-state index contributed by atoms with van der Waals surface area (Å²) in [5.41, 5.74) is 9.77. The van der Waals surface area contributed by atoms with E-state index in [-0.39, 0.29) is 24.8 Å². The molecular weight excluding hydrogens is 349 g/mol. The number of hydrogen-bond donors (Lipinski definition) is 2. The molecule has 0 radical (unpaired) electrons. The fourth-order valence-corrected chi connectivity index (χ4v) is 2.72. The number of nitrogens with zero attached hydrogens (tertiary/aromatic N) is 1. The number of ether oxygens (including phenoxy) is 2. The number of fused-ring (bicyclic) bond motifs is 2. The summed E-state index contributed by atoms with van der Waals surface area (Å²) in [5, 5.41) is 0. The highest BCUT2D eigenvalue weighted by atomic mass is 35.5. The number of imidazole rings is 1. The smallest absolute Gasteiger partial charge is 0.161 e. The average molecular weight is 368 g/mol. The van der Waals surface area contributed by atoms with Gasteiger partial charge in [-0.25, -0.2) is 4.98 Å². The molecular formula is C17H19Cl2N3O2. The van der Waals surface area contributed by atoms with Crippen LogP contribution in [0.5, 0.6) is 11.5 Å². The van der Waals surface area contributed by atoms with E-state index < -0.39 is 0 Å². The van der Waals surface area contributed by atoms with Crippen molar-refractivity contribution in [3.05, 3.63) is 42.2 Å². The third-order valence-electron chi connectivity index (χ3n) is 3.79. The molecule has 1 aliphatic rings. The normalized spacial score (nSPS) is 12.4. The Bertz CT molecular complexity index is 836. The van der Waals surface area contributed by atoms with E-state index in [1.807, 2.05) is 18.2 Å². The highest BCUT2D eigenvalue weighted by Crippen LogP contribution is 2.35. The maximum atomic E-state index is 5.65. The first-order valence-corrected chi connectivity index (χ1v) is 7.42. The predicted molar refractivity (Wildman–Crippen MR) is 99.8 cm³/mol. The fourth-order valence-electron chi connectivity index (χ4n) is 2.72. The minimum Gasteiger partial charge on any atom is -0.486 e. The maximum Gasteiger partial charge on any atom is 0.161 e. The number of halogens is 2. The van der Waals surface area contributed by atoms with Crippen molar-refractivity contribution in [3.8, 4) is 22.6 Å². The van der Waals surface area contributed by atoms with Gasteiger partial charge in [0, 0.05) is 6.42 Å². The molecule has 0 atom stereocenters. The van der Waals surface area contributed by atoms with Crippen LogP contribution in [-0.2, 0) is 6.42 Å². The molecule has 4 rings (SSSR count). The van der Waals surface area contributed by atoms with Gasteiger partial charge >= 0.3 is 0 Å². The van der Waals surface area contributed by atoms with Crippen LogP contribution in [0.2, 0.25) is 0 Å². The van der Waals surface area contributed by atoms with Crippen LogP contribution in [0, 0.1) is 0 Å². The molecule has 2 heterocycles. The Balaban J connectivity index is 0.00000104. The van der Waals surface area contributed by atoms with E-state index in [1.165, 1.54) is 0 Å². The summed E-state index contributed by atoms with van der Waals surface area (Å²) in [7, 11) is 0. The Morgan fingerprint density at radius 1 is 0.958 bits per heavy atom. The van der Waals surface area contributed by atoms with Crippen molar-refractivity contribution in [2.24, 2.45) is 5.73 Å². The minimum absolute atomic E-state index is 0. The second-order valence-corrected chi connectivity index (χ2v) is 5.31. The zero-order valence-electron chi connectivity index (χ0n) is 13.0. The summed E-state index contributed by atoms with van der Waals surface area (Å²) in [5.74, 6) is 2.53. The van der Waals surface area contributed by atoms with Crippen LogP contribution in [0.3, 0.4) is 0 Å². The highest BCUT2D eigenvalue weighted by molar-refractivity contribution is 5.85. The average Bonchev–Trinajstić information content (AvgIpc) is 2.96. The van der Waals surface area contributed by atoms with Crippen LogP contribution in [0.1, 0.15) is 5.82 Å². The van der Waals surface area contributed by atoms with Crippen LogP contribution in [0.25, 0.3) is 22.2 Å². The second kappa shape index (κ2) is 7.75. The molecule has 24 heavy (non-hydrogen) atoms. The quantitative estimate of drug-likeness (QED) is 0.744. The zero-order valence-corrected chi connectivity index (χ0v) is 14.6. The van der Waals surface area contributed by atoms with E-state index >= 15 is 0 Å². The predicted octanol–water partition coefficient (Wildman–Crippen LogP) is 3.35. The van der Waals surface area contributed by atoms with Gasteiger partial charge in [0.2, 0.25) is 0 Å². The summed E-state index contributed by atoms with van der Waals surface area (Å²) >= 11 is 0. The molecule has 0 unspecified atom stereocenters. The third-order valence-corrected chi connectivity index (χ3v) is 3.79. The Hall–Kier alpha value is -1.95. The number of rotatable bonds is 3. The Morgan fingerprint density at radius 2 is 1.67 bits per heavy atom. The first-order valence-electron chi connectivity index (χ1n) is 7.42. The number of aromatic amines is 1. The standard InChI is InChI=1S/C17H17N3O2.2ClH/c18-6-5-17-19-13-3-1-11(9-14(13)20-17)12-2-4-15-16(10-12)22-8-7-21-15;;/h1-4,9-10H,5-8,18H2,(H,19,20);2*1H. The molecule has 3 N–H and O–H groups in total. The van der Waals surface area contributed by atoms with E-state index in [1.54, 1.807) is 0 Å². The Labute approximate surface area is 152 Å². The molecule has 0 saturated carbocycles. The summed E-state index contributed by atoms with van der Waals surface area (Å²) in [6.45, 7) is 1.79. The van der Waals surface area contributed by atoms with Gasteiger partial charge in [-0.05, 0) is 41.9 Å². The topological polar surface area (TPSA) is 73.2 Å². The zero-order chi connectivity index (χ0) is 14.9. The molecule has 0 aliphatic carbocycles. The summed E-state index contributed by atoms with van der Waals surface area (Å²) in [6.07, 6.45) is 0.758. The van der Waals surface area contributed by atoms with Crippen LogP contribution < -0.4 is 15.2 Å². The molecule has 0 fully saturated rings. The first kappa shape index (κ1) is 18.4.